The summed E-state index contributed by atoms with van der Waals surface area (Å²) in [5, 5.41) is 9.57. The third kappa shape index (κ3) is 5.32. The van der Waals surface area contributed by atoms with Gasteiger partial charge in [-0.25, -0.2) is 4.98 Å². The first-order valence-electron chi connectivity index (χ1n) is 20.1. The number of carbonyl (C=O) groups excluding carboxylic acids is 1. The lowest BCUT2D eigenvalue weighted by molar-refractivity contribution is -0.219. The molecule has 0 bridgehead atoms. The van der Waals surface area contributed by atoms with Crippen molar-refractivity contribution in [1.29, 1.82) is 5.26 Å². The first-order chi connectivity index (χ1) is 24.1. The van der Waals surface area contributed by atoms with Gasteiger partial charge in [-0.15, -0.1) is 0 Å². The smallest absolute Gasteiger partial charge is 0.315 e. The predicted molar refractivity (Wildman–Crippen MR) is 202 cm³/mol. The molecular weight excluding hydrogens is 631 g/mol. The summed E-state index contributed by atoms with van der Waals surface area (Å²) in [5.74, 6) is 3.18. The number of nitriles is 1. The highest BCUT2D eigenvalue weighted by Gasteiger charge is 2.70. The van der Waals surface area contributed by atoms with Crippen LogP contribution in [0.1, 0.15) is 131 Å². The van der Waals surface area contributed by atoms with Crippen molar-refractivity contribution >= 4 is 5.97 Å². The van der Waals surface area contributed by atoms with Gasteiger partial charge in [-0.05, 0) is 165 Å². The number of esters is 1. The zero-order valence-corrected chi connectivity index (χ0v) is 32.6. The molecule has 0 aromatic carbocycles. The fourth-order valence-corrected chi connectivity index (χ4v) is 14.0. The highest BCUT2D eigenvalue weighted by atomic mass is 16.5. The van der Waals surface area contributed by atoms with E-state index < -0.39 is 5.41 Å². The number of allylic oxidation sites excluding steroid dienone is 5. The molecule has 7 rings (SSSR count). The SMILES string of the molecule is C=C(C)[C@@H]1CC[C@]2(N)CC[C@]3(C)C(CC[C@@H]4[C@@]5(C)CC=C(C6=CC[C@@](COc7ncccc7C#N)(C(=O)OCC)CC6)C(C)(C)[C@@H]5CC[C@]43C)[C@@H]12. The maximum absolute atomic E-state index is 13.5. The number of aromatic nitrogens is 1. The Hall–Kier alpha value is -2.91. The summed E-state index contributed by atoms with van der Waals surface area (Å²) in [6.07, 6.45) is 19.7. The summed E-state index contributed by atoms with van der Waals surface area (Å²) in [6.45, 7) is 22.1. The van der Waals surface area contributed by atoms with E-state index in [-0.39, 0.29) is 34.8 Å². The molecule has 6 aliphatic carbocycles. The summed E-state index contributed by atoms with van der Waals surface area (Å²) in [4.78, 5) is 17.8. The monoisotopic (exact) mass is 693 g/mol. The van der Waals surface area contributed by atoms with Crippen LogP contribution in [-0.2, 0) is 9.53 Å². The molecule has 2 N–H and O–H groups in total. The molecule has 1 aromatic rings. The van der Waals surface area contributed by atoms with Crippen LogP contribution in [0.5, 0.6) is 5.88 Å². The van der Waals surface area contributed by atoms with Crippen LogP contribution in [0.2, 0.25) is 0 Å². The number of hydrogen-bond acceptors (Lipinski definition) is 6. The van der Waals surface area contributed by atoms with Gasteiger partial charge in [0.15, 0.2) is 0 Å². The van der Waals surface area contributed by atoms with Gasteiger partial charge in [-0.3, -0.25) is 4.79 Å². The van der Waals surface area contributed by atoms with Crippen molar-refractivity contribution in [3.63, 3.8) is 0 Å². The van der Waals surface area contributed by atoms with Gasteiger partial charge in [0, 0.05) is 11.7 Å². The van der Waals surface area contributed by atoms with Crippen LogP contribution in [0.25, 0.3) is 0 Å². The first-order valence-corrected chi connectivity index (χ1v) is 20.1. The molecular formula is C45H63N3O3. The molecule has 1 heterocycles. The summed E-state index contributed by atoms with van der Waals surface area (Å²) in [7, 11) is 0. The van der Waals surface area contributed by atoms with Crippen molar-refractivity contribution in [3.8, 4) is 11.9 Å². The number of nitrogens with zero attached hydrogens (tertiary/aromatic N) is 2. The van der Waals surface area contributed by atoms with Gasteiger partial charge in [0.1, 0.15) is 23.7 Å². The molecule has 6 heteroatoms. The van der Waals surface area contributed by atoms with Crippen LogP contribution in [0.3, 0.4) is 0 Å². The van der Waals surface area contributed by atoms with E-state index in [2.05, 4.69) is 71.3 Å². The lowest BCUT2D eigenvalue weighted by Crippen LogP contribution is -2.67. The summed E-state index contributed by atoms with van der Waals surface area (Å²) in [6, 6.07) is 5.57. The number of carbonyl (C=O) groups is 1. The van der Waals surface area contributed by atoms with Crippen molar-refractivity contribution < 1.29 is 14.3 Å². The number of fused-ring (bicyclic) bond motifs is 7. The fourth-order valence-electron chi connectivity index (χ4n) is 14.0. The van der Waals surface area contributed by atoms with E-state index in [9.17, 15) is 10.1 Å². The minimum Gasteiger partial charge on any atom is -0.475 e. The minimum absolute atomic E-state index is 0.00865. The third-order valence-corrected chi connectivity index (χ3v) is 16.8. The highest BCUT2D eigenvalue weighted by molar-refractivity contribution is 5.78. The number of pyridine rings is 1. The van der Waals surface area contributed by atoms with E-state index in [0.29, 0.717) is 65.4 Å². The number of nitrogens with two attached hydrogens (primary N) is 1. The average molecular weight is 694 g/mol. The Morgan fingerprint density at radius 2 is 1.78 bits per heavy atom. The molecule has 276 valence electrons. The van der Waals surface area contributed by atoms with E-state index >= 15 is 0 Å². The number of rotatable bonds is 7. The lowest BCUT2D eigenvalue weighted by Gasteiger charge is -2.72. The zero-order valence-electron chi connectivity index (χ0n) is 32.6. The maximum Gasteiger partial charge on any atom is 0.315 e. The number of hydrogen-bond donors (Lipinski definition) is 1. The van der Waals surface area contributed by atoms with Gasteiger partial charge in [-0.1, -0.05) is 58.9 Å². The molecule has 0 saturated heterocycles. The Morgan fingerprint density at radius 1 is 1.00 bits per heavy atom. The minimum atomic E-state index is -0.804. The van der Waals surface area contributed by atoms with Crippen molar-refractivity contribution in [2.24, 2.45) is 62.4 Å². The van der Waals surface area contributed by atoms with Crippen molar-refractivity contribution in [2.75, 3.05) is 13.2 Å². The van der Waals surface area contributed by atoms with Crippen LogP contribution in [0.15, 0.2) is 53.8 Å². The molecule has 1 aromatic heterocycles. The Balaban J connectivity index is 1.15. The van der Waals surface area contributed by atoms with Crippen molar-refractivity contribution in [2.45, 2.75) is 131 Å². The van der Waals surface area contributed by atoms with E-state index in [1.807, 2.05) is 6.92 Å². The largest absolute Gasteiger partial charge is 0.475 e. The first kappa shape index (κ1) is 36.4. The van der Waals surface area contributed by atoms with Crippen molar-refractivity contribution in [1.82, 2.24) is 4.98 Å². The maximum atomic E-state index is 13.5. The molecule has 6 nitrogen and oxygen atoms in total. The van der Waals surface area contributed by atoms with Crippen molar-refractivity contribution in [3.05, 3.63) is 59.3 Å². The van der Waals surface area contributed by atoms with E-state index in [0.717, 1.165) is 12.8 Å². The Kier molecular flexibility index (Phi) is 9.01. The van der Waals surface area contributed by atoms with Crippen LogP contribution >= 0.6 is 0 Å². The summed E-state index contributed by atoms with van der Waals surface area (Å²) >= 11 is 0. The second-order valence-electron chi connectivity index (χ2n) is 19.2. The second-order valence-corrected chi connectivity index (χ2v) is 19.2. The molecule has 10 atom stereocenters. The normalized spacial score (nSPS) is 42.5. The molecule has 51 heavy (non-hydrogen) atoms. The van der Waals surface area contributed by atoms with Gasteiger partial charge in [0.05, 0.1) is 6.61 Å². The molecule has 0 spiro atoms. The Bertz CT molecular complexity index is 1690. The molecule has 4 saturated carbocycles. The quantitative estimate of drug-likeness (QED) is 0.226. The standard InChI is InChI=1S/C45H63N3O3/c1-9-50-39(49)44(28-51-38-31(27-46)11-10-26-48-38)21-14-30(15-22-44)33-17-19-41(6)35(40(33,4)5)18-20-43(8)36(41)13-12-34-37-32(29(2)3)16-23-45(37,47)25-24-42(34,43)7/h10-11,14,17,26,32,34-37H,2,9,12-13,15-16,18-25,28,47H2,1,3-8H3/t32-,34?,35-,36+,37+,41-,42+,43+,44+,45-/m0/s1. The number of ether oxygens (including phenoxy) is 2. The molecule has 4 fully saturated rings. The van der Waals surface area contributed by atoms with Crippen LogP contribution in [0.4, 0.5) is 0 Å². The van der Waals surface area contributed by atoms with Gasteiger partial charge < -0.3 is 15.2 Å². The lowest BCUT2D eigenvalue weighted by atomic mass is 9.33. The van der Waals surface area contributed by atoms with Gasteiger partial charge in [0.25, 0.3) is 0 Å². The zero-order chi connectivity index (χ0) is 36.6. The second kappa shape index (κ2) is 12.6. The topological polar surface area (TPSA) is 98.2 Å². The van der Waals surface area contributed by atoms with Crippen LogP contribution in [0, 0.1) is 68.0 Å². The Morgan fingerprint density at radius 3 is 2.47 bits per heavy atom. The Labute approximate surface area is 307 Å². The van der Waals surface area contributed by atoms with Gasteiger partial charge >= 0.3 is 5.97 Å². The highest BCUT2D eigenvalue weighted by Crippen LogP contribution is 2.76. The van der Waals surface area contributed by atoms with Crippen LogP contribution < -0.4 is 10.5 Å². The molecule has 0 radical (unpaired) electrons. The third-order valence-electron chi connectivity index (χ3n) is 16.8. The molecule has 0 aliphatic heterocycles. The van der Waals surface area contributed by atoms with Gasteiger partial charge in [-0.2, -0.15) is 5.26 Å². The van der Waals surface area contributed by atoms with E-state index in [4.69, 9.17) is 15.2 Å². The predicted octanol–water partition coefficient (Wildman–Crippen LogP) is 9.90. The fraction of sp³-hybridized carbons (Fsp3) is 0.711. The molecule has 6 aliphatic rings. The average Bonchev–Trinajstić information content (AvgIpc) is 3.46. The van der Waals surface area contributed by atoms with Crippen LogP contribution in [-0.4, -0.2) is 29.7 Å². The molecule has 1 unspecified atom stereocenters. The molecule has 0 amide bonds. The summed E-state index contributed by atoms with van der Waals surface area (Å²) < 4.78 is 11.7. The summed E-state index contributed by atoms with van der Waals surface area (Å²) in [5.41, 5.74) is 12.0. The van der Waals surface area contributed by atoms with E-state index in [1.165, 1.54) is 68.1 Å². The van der Waals surface area contributed by atoms with Gasteiger partial charge in [0.2, 0.25) is 5.88 Å². The van der Waals surface area contributed by atoms with E-state index in [1.54, 1.807) is 18.3 Å².